The Labute approximate surface area is 191 Å². The number of carbonyl (C=O) groups excluding carboxylic acids is 3. The number of carbonyl (C=O) groups is 3. The fourth-order valence-electron chi connectivity index (χ4n) is 3.83. The average Bonchev–Trinajstić information content (AvgIpc) is 3.26. The zero-order chi connectivity index (χ0) is 23.4. The van der Waals surface area contributed by atoms with E-state index in [-0.39, 0.29) is 30.9 Å². The lowest BCUT2D eigenvalue weighted by atomic mass is 10.1. The number of methoxy groups -OCH3 is 1. The number of nitrogens with one attached hydrogen (secondary N) is 1. The van der Waals surface area contributed by atoms with E-state index < -0.39 is 0 Å². The highest BCUT2D eigenvalue weighted by Crippen LogP contribution is 2.37. The number of amides is 2. The van der Waals surface area contributed by atoms with E-state index in [0.29, 0.717) is 66.9 Å². The summed E-state index contributed by atoms with van der Waals surface area (Å²) in [6.45, 7) is 4.10. The van der Waals surface area contributed by atoms with Crippen LogP contribution in [-0.2, 0) is 16.1 Å². The molecule has 0 bridgehead atoms. The number of aromatic nitrogens is 1. The number of anilines is 1. The first-order valence-electron chi connectivity index (χ1n) is 10.7. The van der Waals surface area contributed by atoms with Crippen LogP contribution in [0.25, 0.3) is 0 Å². The maximum absolute atomic E-state index is 12.8. The summed E-state index contributed by atoms with van der Waals surface area (Å²) in [5.74, 6) is 0.416. The van der Waals surface area contributed by atoms with E-state index >= 15 is 0 Å². The van der Waals surface area contributed by atoms with Gasteiger partial charge in [0.05, 0.1) is 24.5 Å². The predicted molar refractivity (Wildman–Crippen MR) is 118 cm³/mol. The Balaban J connectivity index is 1.32. The van der Waals surface area contributed by atoms with Crippen molar-refractivity contribution in [1.82, 2.24) is 14.8 Å². The minimum atomic E-state index is -0.245. The molecule has 33 heavy (non-hydrogen) atoms. The number of ether oxygens (including phenoxy) is 3. The first kappa shape index (κ1) is 22.7. The summed E-state index contributed by atoms with van der Waals surface area (Å²) < 4.78 is 15.7. The molecule has 4 rings (SSSR count). The zero-order valence-electron chi connectivity index (χ0n) is 18.6. The number of hydrogen-bond donors (Lipinski definition) is 1. The number of pyridine rings is 1. The second kappa shape index (κ2) is 9.97. The molecule has 1 fully saturated rings. The Morgan fingerprint density at radius 2 is 1.82 bits per heavy atom. The van der Waals surface area contributed by atoms with Gasteiger partial charge in [0, 0.05) is 44.9 Å². The van der Waals surface area contributed by atoms with Gasteiger partial charge in [-0.05, 0) is 25.1 Å². The number of ketones is 1. The van der Waals surface area contributed by atoms with Crippen LogP contribution in [0.2, 0.25) is 0 Å². The number of fused-ring (bicyclic) bond motifs is 1. The van der Waals surface area contributed by atoms with E-state index in [2.05, 4.69) is 10.3 Å². The number of benzene rings is 1. The van der Waals surface area contributed by atoms with Crippen LogP contribution in [0.15, 0.2) is 30.3 Å². The topological polar surface area (TPSA) is 110 Å². The molecule has 1 saturated heterocycles. The molecular formula is C23H26N4O6. The maximum atomic E-state index is 12.8. The van der Waals surface area contributed by atoms with Gasteiger partial charge in [-0.3, -0.25) is 19.3 Å². The van der Waals surface area contributed by atoms with Crippen molar-refractivity contribution in [2.75, 3.05) is 51.9 Å². The minimum absolute atomic E-state index is 0.0826. The van der Waals surface area contributed by atoms with E-state index in [9.17, 15) is 14.4 Å². The van der Waals surface area contributed by atoms with Crippen LogP contribution in [0.4, 0.5) is 5.69 Å². The molecule has 2 aliphatic rings. The summed E-state index contributed by atoms with van der Waals surface area (Å²) in [4.78, 5) is 45.5. The second-order valence-electron chi connectivity index (χ2n) is 7.87. The molecule has 2 aromatic rings. The van der Waals surface area contributed by atoms with Gasteiger partial charge in [-0.2, -0.15) is 0 Å². The predicted octanol–water partition coefficient (Wildman–Crippen LogP) is 1.56. The van der Waals surface area contributed by atoms with Crippen LogP contribution in [0.3, 0.4) is 0 Å². The number of rotatable bonds is 7. The molecule has 2 amide bonds. The quantitative estimate of drug-likeness (QED) is 0.628. The fourth-order valence-corrected chi connectivity index (χ4v) is 3.83. The highest BCUT2D eigenvalue weighted by atomic mass is 16.7. The maximum Gasteiger partial charge on any atom is 0.272 e. The lowest BCUT2D eigenvalue weighted by Crippen LogP contribution is -2.50. The first-order valence-corrected chi connectivity index (χ1v) is 10.7. The molecule has 0 unspecified atom stereocenters. The Hall–Kier alpha value is -3.50. The SMILES string of the molecule is COCc1cccc(C(=O)N2CCN(CC(=O)Nc3cc4c(cc3C(C)=O)OCO4)CC2)n1. The summed E-state index contributed by atoms with van der Waals surface area (Å²) in [5, 5.41) is 2.81. The lowest BCUT2D eigenvalue weighted by Gasteiger charge is -2.34. The van der Waals surface area contributed by atoms with Crippen LogP contribution in [0.1, 0.15) is 33.5 Å². The zero-order valence-corrected chi connectivity index (χ0v) is 18.6. The van der Waals surface area contributed by atoms with Crippen molar-refractivity contribution < 1.29 is 28.6 Å². The monoisotopic (exact) mass is 454 g/mol. The van der Waals surface area contributed by atoms with Gasteiger partial charge in [0.25, 0.3) is 5.91 Å². The molecule has 1 aromatic carbocycles. The van der Waals surface area contributed by atoms with Crippen LogP contribution in [0, 0.1) is 0 Å². The van der Waals surface area contributed by atoms with Crippen molar-refractivity contribution in [3.05, 3.63) is 47.3 Å². The van der Waals surface area contributed by atoms with Gasteiger partial charge >= 0.3 is 0 Å². The Morgan fingerprint density at radius 1 is 1.09 bits per heavy atom. The number of Topliss-reactive ketones (excluding diaryl/α,β-unsaturated/α-hetero) is 1. The Bertz CT molecular complexity index is 1060. The smallest absolute Gasteiger partial charge is 0.272 e. The van der Waals surface area contributed by atoms with Crippen molar-refractivity contribution >= 4 is 23.3 Å². The molecular weight excluding hydrogens is 428 g/mol. The molecule has 0 aliphatic carbocycles. The lowest BCUT2D eigenvalue weighted by molar-refractivity contribution is -0.117. The largest absolute Gasteiger partial charge is 0.454 e. The summed E-state index contributed by atoms with van der Waals surface area (Å²) in [7, 11) is 1.58. The average molecular weight is 454 g/mol. The van der Waals surface area contributed by atoms with Gasteiger partial charge < -0.3 is 24.4 Å². The van der Waals surface area contributed by atoms with Gasteiger partial charge in [-0.15, -0.1) is 0 Å². The van der Waals surface area contributed by atoms with E-state index in [1.54, 1.807) is 36.3 Å². The normalized spacial score (nSPS) is 15.4. The van der Waals surface area contributed by atoms with Crippen LogP contribution in [0.5, 0.6) is 11.5 Å². The van der Waals surface area contributed by atoms with Crippen molar-refractivity contribution in [3.8, 4) is 11.5 Å². The molecule has 3 heterocycles. The number of nitrogens with zero attached hydrogens (tertiary/aromatic N) is 3. The third-order valence-corrected chi connectivity index (χ3v) is 5.51. The van der Waals surface area contributed by atoms with Crippen molar-refractivity contribution in [2.24, 2.45) is 0 Å². The number of piperazine rings is 1. The molecule has 0 spiro atoms. The van der Waals surface area contributed by atoms with Crippen LogP contribution in [-0.4, -0.2) is 79.0 Å². The summed E-state index contributed by atoms with van der Waals surface area (Å²) in [6, 6.07) is 8.49. The molecule has 10 nitrogen and oxygen atoms in total. The summed E-state index contributed by atoms with van der Waals surface area (Å²) >= 11 is 0. The molecule has 0 radical (unpaired) electrons. The van der Waals surface area contributed by atoms with E-state index in [4.69, 9.17) is 14.2 Å². The second-order valence-corrected chi connectivity index (χ2v) is 7.87. The van der Waals surface area contributed by atoms with Gasteiger partial charge in [0.15, 0.2) is 17.3 Å². The standard InChI is InChI=1S/C23H26N4O6/c1-15(28)17-10-20-21(33-14-32-20)11-19(17)25-22(29)12-26-6-8-27(9-7-26)23(30)18-5-3-4-16(24-18)13-31-2/h3-5,10-11H,6-9,12-14H2,1-2H3,(H,25,29). The van der Waals surface area contributed by atoms with Crippen molar-refractivity contribution in [3.63, 3.8) is 0 Å². The van der Waals surface area contributed by atoms with E-state index in [0.717, 1.165) is 0 Å². The van der Waals surface area contributed by atoms with Crippen LogP contribution < -0.4 is 14.8 Å². The molecule has 174 valence electrons. The van der Waals surface area contributed by atoms with Crippen LogP contribution >= 0.6 is 0 Å². The molecule has 1 aromatic heterocycles. The molecule has 2 aliphatic heterocycles. The fraction of sp³-hybridized carbons (Fsp3) is 0.391. The third kappa shape index (κ3) is 5.29. The highest BCUT2D eigenvalue weighted by molar-refractivity contribution is 6.05. The third-order valence-electron chi connectivity index (χ3n) is 5.51. The van der Waals surface area contributed by atoms with Gasteiger partial charge in [-0.25, -0.2) is 4.98 Å². The summed E-state index contributed by atoms with van der Waals surface area (Å²) in [5.41, 5.74) is 1.85. The first-order chi connectivity index (χ1) is 15.9. The Kier molecular flexibility index (Phi) is 6.85. The van der Waals surface area contributed by atoms with Crippen molar-refractivity contribution in [2.45, 2.75) is 13.5 Å². The molecule has 1 N–H and O–H groups in total. The van der Waals surface area contributed by atoms with Gasteiger partial charge in [0.1, 0.15) is 5.69 Å². The highest BCUT2D eigenvalue weighted by Gasteiger charge is 2.25. The number of hydrogen-bond acceptors (Lipinski definition) is 8. The van der Waals surface area contributed by atoms with Gasteiger partial charge in [-0.1, -0.05) is 6.07 Å². The molecule has 0 saturated carbocycles. The summed E-state index contributed by atoms with van der Waals surface area (Å²) in [6.07, 6.45) is 0. The Morgan fingerprint density at radius 3 is 2.52 bits per heavy atom. The molecule has 0 atom stereocenters. The van der Waals surface area contributed by atoms with E-state index in [1.807, 2.05) is 11.0 Å². The van der Waals surface area contributed by atoms with Gasteiger partial charge in [0.2, 0.25) is 12.7 Å². The molecule has 10 heteroatoms. The van der Waals surface area contributed by atoms with E-state index in [1.165, 1.54) is 6.92 Å². The minimum Gasteiger partial charge on any atom is -0.454 e. The van der Waals surface area contributed by atoms with Crippen molar-refractivity contribution in [1.29, 1.82) is 0 Å².